The Morgan fingerprint density at radius 3 is 2.74 bits per heavy atom. The molecule has 224 valence electrons. The number of benzene rings is 2. The second-order valence-corrected chi connectivity index (χ2v) is 11.8. The first-order valence-electron chi connectivity index (χ1n) is 15.1. The maximum Gasteiger partial charge on any atom is 0.318 e. The van der Waals surface area contributed by atoms with E-state index in [1.807, 2.05) is 31.2 Å². The second-order valence-electron chi connectivity index (χ2n) is 11.8. The molecule has 2 aromatic carbocycles. The minimum atomic E-state index is -0.267. The number of hydrogen-bond acceptors (Lipinski definition) is 7. The number of carbonyl (C=O) groups is 1. The Labute approximate surface area is 252 Å². The molecule has 2 aliphatic heterocycles. The van der Waals surface area contributed by atoms with E-state index in [4.69, 9.17) is 21.3 Å². The number of aromatic nitrogens is 2. The largest absolute Gasteiger partial charge is 0.459 e. The molecule has 3 heterocycles. The maximum absolute atomic E-state index is 15.1. The lowest BCUT2D eigenvalue weighted by Gasteiger charge is -2.41. The third kappa shape index (κ3) is 6.00. The number of carbonyl (C=O) groups excluding carboxylic acids is 1. The van der Waals surface area contributed by atoms with E-state index in [1.165, 1.54) is 25.0 Å². The quantitative estimate of drug-likeness (QED) is 0.275. The van der Waals surface area contributed by atoms with Gasteiger partial charge in [-0.05, 0) is 56.8 Å². The summed E-state index contributed by atoms with van der Waals surface area (Å²) in [5.74, 6) is 0.401. The molecule has 1 saturated heterocycles. The van der Waals surface area contributed by atoms with Crippen molar-refractivity contribution >= 4 is 28.2 Å². The van der Waals surface area contributed by atoms with E-state index in [2.05, 4.69) is 33.2 Å². The predicted octanol–water partition coefficient (Wildman–Crippen LogP) is 4.32. The van der Waals surface area contributed by atoms with E-state index in [9.17, 15) is 4.79 Å². The van der Waals surface area contributed by atoms with E-state index in [0.717, 1.165) is 34.7 Å². The molecule has 2 atom stereocenters. The second kappa shape index (κ2) is 12.2. The van der Waals surface area contributed by atoms with Crippen molar-refractivity contribution in [2.24, 2.45) is 0 Å². The van der Waals surface area contributed by atoms with Crippen molar-refractivity contribution in [2.75, 3.05) is 56.1 Å². The van der Waals surface area contributed by atoms with Gasteiger partial charge in [-0.25, -0.2) is 11.0 Å². The van der Waals surface area contributed by atoms with Crippen molar-refractivity contribution in [3.05, 3.63) is 77.5 Å². The van der Waals surface area contributed by atoms with E-state index < -0.39 is 0 Å². The topological polar surface area (TPSA) is 69.4 Å². The van der Waals surface area contributed by atoms with Crippen LogP contribution in [0, 0.1) is 12.4 Å². The Morgan fingerprint density at radius 2 is 2.00 bits per heavy atom. The lowest BCUT2D eigenvalue weighted by molar-refractivity contribution is -0.128. The number of likely N-dealkylation sites (N-methyl/N-ethyl adjacent to an activating group) is 1. The molecule has 3 aromatic rings. The highest BCUT2D eigenvalue weighted by atomic mass is 19.1. The van der Waals surface area contributed by atoms with Gasteiger partial charge in [0.1, 0.15) is 23.8 Å². The number of amides is 1. The summed E-state index contributed by atoms with van der Waals surface area (Å²) in [7, 11) is 2.12. The molecular weight excluding hydrogens is 545 g/mol. The van der Waals surface area contributed by atoms with Crippen molar-refractivity contribution in [1.82, 2.24) is 19.8 Å². The molecule has 3 aliphatic rings. The molecule has 6 rings (SSSR count). The number of nitrogens with zero attached hydrogens (tertiary/aromatic N) is 7. The third-order valence-corrected chi connectivity index (χ3v) is 8.76. The number of piperazine rings is 1. The zero-order valence-electron chi connectivity index (χ0n) is 24.9. The van der Waals surface area contributed by atoms with Crippen molar-refractivity contribution in [1.29, 1.82) is 0 Å². The molecule has 1 aromatic heterocycles. The van der Waals surface area contributed by atoms with Crippen molar-refractivity contribution in [3.63, 3.8) is 0 Å². The molecule has 0 spiro atoms. The molecule has 1 saturated carbocycles. The molecule has 1 amide bonds. The van der Waals surface area contributed by atoms with Gasteiger partial charge in [0, 0.05) is 55.4 Å². The van der Waals surface area contributed by atoms with Crippen molar-refractivity contribution in [3.8, 4) is 6.01 Å². The molecule has 9 nitrogen and oxygen atoms in total. The van der Waals surface area contributed by atoms with Crippen molar-refractivity contribution in [2.45, 2.75) is 50.9 Å². The molecule has 43 heavy (non-hydrogen) atoms. The molecule has 0 unspecified atom stereocenters. The summed E-state index contributed by atoms with van der Waals surface area (Å²) in [6.07, 6.45) is 4.32. The van der Waals surface area contributed by atoms with Crippen LogP contribution in [0.25, 0.3) is 15.6 Å². The van der Waals surface area contributed by atoms with Crippen molar-refractivity contribution < 1.29 is 13.9 Å². The monoisotopic (exact) mass is 583 g/mol. The highest BCUT2D eigenvalue weighted by molar-refractivity contribution is 5.95. The van der Waals surface area contributed by atoms with Crippen LogP contribution in [-0.2, 0) is 17.8 Å². The number of halogens is 1. The summed E-state index contributed by atoms with van der Waals surface area (Å²) >= 11 is 0. The average molecular weight is 584 g/mol. The van der Waals surface area contributed by atoms with Gasteiger partial charge in [-0.15, -0.1) is 0 Å². The van der Waals surface area contributed by atoms with Gasteiger partial charge in [-0.3, -0.25) is 9.69 Å². The van der Waals surface area contributed by atoms with Crippen LogP contribution in [0.2, 0.25) is 0 Å². The molecule has 1 aliphatic carbocycles. The zero-order valence-corrected chi connectivity index (χ0v) is 24.9. The molecule has 0 radical (unpaired) electrons. The fourth-order valence-electron chi connectivity index (χ4n) is 6.45. The van der Waals surface area contributed by atoms with Gasteiger partial charge in [0.2, 0.25) is 12.5 Å². The Morgan fingerprint density at radius 1 is 1.21 bits per heavy atom. The lowest BCUT2D eigenvalue weighted by Crippen LogP contribution is -2.56. The Balaban J connectivity index is 1.33. The van der Waals surface area contributed by atoms with Crippen LogP contribution in [0.3, 0.4) is 0 Å². The Bertz CT molecular complexity index is 1560. The Kier molecular flexibility index (Phi) is 8.17. The van der Waals surface area contributed by atoms with Crippen LogP contribution < -0.4 is 14.5 Å². The normalized spacial score (nSPS) is 19.2. The van der Waals surface area contributed by atoms with E-state index in [1.54, 1.807) is 11.0 Å². The highest BCUT2D eigenvalue weighted by Crippen LogP contribution is 2.36. The number of ether oxygens (including phenoxy) is 1. The van der Waals surface area contributed by atoms with Crippen LogP contribution in [-0.4, -0.2) is 90.2 Å². The highest BCUT2D eigenvalue weighted by Gasteiger charge is 2.35. The van der Waals surface area contributed by atoms with Gasteiger partial charge in [0.25, 0.3) is 0 Å². The molecule has 0 bridgehead atoms. The van der Waals surface area contributed by atoms with Gasteiger partial charge >= 0.3 is 6.01 Å². The summed E-state index contributed by atoms with van der Waals surface area (Å²) in [6, 6.07) is 11.7. The van der Waals surface area contributed by atoms with E-state index >= 15 is 4.39 Å². The molecule has 2 fully saturated rings. The molecular formula is C33H38FN7O2. The predicted molar refractivity (Wildman–Crippen MR) is 166 cm³/mol. The van der Waals surface area contributed by atoms with Crippen LogP contribution >= 0.6 is 0 Å². The third-order valence-electron chi connectivity index (χ3n) is 8.76. The SMILES string of the molecule is [C-]#[N+]C[C@H]1CN(c2nc(O[C@H](C)CN(C)C3CC3)nc3c2CCN(c2cccc4cccc(F)c24)C3)CCN1C(=O)C=C. The van der Waals surface area contributed by atoms with Crippen LogP contribution in [0.1, 0.15) is 31.0 Å². The molecule has 0 N–H and O–H groups in total. The van der Waals surface area contributed by atoms with Gasteiger partial charge in [-0.2, -0.15) is 9.97 Å². The fourth-order valence-corrected chi connectivity index (χ4v) is 6.45. The average Bonchev–Trinajstić information content (AvgIpc) is 3.86. The van der Waals surface area contributed by atoms with E-state index in [-0.39, 0.29) is 30.4 Å². The Hall–Kier alpha value is -4.23. The zero-order chi connectivity index (χ0) is 30.1. The summed E-state index contributed by atoms with van der Waals surface area (Å²) in [5.41, 5.74) is 2.74. The lowest BCUT2D eigenvalue weighted by atomic mass is 10.0. The minimum absolute atomic E-state index is 0.111. The van der Waals surface area contributed by atoms with Gasteiger partial charge < -0.3 is 24.3 Å². The summed E-state index contributed by atoms with van der Waals surface area (Å²) in [4.78, 5) is 34.5. The summed E-state index contributed by atoms with van der Waals surface area (Å²) in [5, 5.41) is 1.48. The fraction of sp³-hybridized carbons (Fsp3) is 0.455. The van der Waals surface area contributed by atoms with Gasteiger partial charge in [0.15, 0.2) is 0 Å². The van der Waals surface area contributed by atoms with Gasteiger partial charge in [0.05, 0.1) is 12.2 Å². The van der Waals surface area contributed by atoms with E-state index in [0.29, 0.717) is 56.6 Å². The number of rotatable bonds is 9. The minimum Gasteiger partial charge on any atom is -0.459 e. The number of anilines is 2. The van der Waals surface area contributed by atoms with Crippen LogP contribution in [0.15, 0.2) is 49.1 Å². The summed E-state index contributed by atoms with van der Waals surface area (Å²) in [6.45, 7) is 16.9. The first kappa shape index (κ1) is 28.9. The standard InChI is InChI=1S/C33H38FN7O2/c1-5-30(42)41-17-16-40(20-25(41)18-35-3)32-26-14-15-39(29-11-7-9-23-8-6-10-27(34)31(23)29)21-28(26)36-33(37-32)43-22(2)19-38(4)24-12-13-24/h5-11,22,24-25H,1,12-21H2,2,4H3/t22-,25+/m1/s1. The van der Waals surface area contributed by atoms with Crippen LogP contribution in [0.4, 0.5) is 15.9 Å². The smallest absolute Gasteiger partial charge is 0.318 e. The summed E-state index contributed by atoms with van der Waals surface area (Å²) < 4.78 is 21.4. The maximum atomic E-state index is 15.1. The van der Waals surface area contributed by atoms with Crippen LogP contribution in [0.5, 0.6) is 6.01 Å². The first-order valence-corrected chi connectivity index (χ1v) is 15.1. The van der Waals surface area contributed by atoms with Gasteiger partial charge in [-0.1, -0.05) is 30.8 Å². The molecule has 10 heteroatoms. The number of fused-ring (bicyclic) bond motifs is 2. The first-order chi connectivity index (χ1) is 20.9. The number of hydrogen-bond donors (Lipinski definition) is 0.